The van der Waals surface area contributed by atoms with Crippen LogP contribution < -0.4 is 10.9 Å². The van der Waals surface area contributed by atoms with Gasteiger partial charge in [0.2, 0.25) is 5.95 Å². The maximum atomic E-state index is 11.3. The molecule has 0 unspecified atom stereocenters. The van der Waals surface area contributed by atoms with Crippen molar-refractivity contribution in [2.75, 3.05) is 5.32 Å². The largest absolute Gasteiger partial charge is 0.477 e. The van der Waals surface area contributed by atoms with Crippen molar-refractivity contribution in [1.29, 1.82) is 0 Å². The number of hydrogen-bond acceptors (Lipinski definition) is 4. The number of nitrogens with one attached hydrogen (secondary N) is 2. The Labute approximate surface area is 91.7 Å². The van der Waals surface area contributed by atoms with Crippen LogP contribution in [0.4, 0.5) is 5.95 Å². The number of rotatable bonds is 3. The van der Waals surface area contributed by atoms with Gasteiger partial charge in [-0.1, -0.05) is 12.8 Å². The van der Waals surface area contributed by atoms with Gasteiger partial charge in [0.15, 0.2) is 0 Å². The first-order valence-corrected chi connectivity index (χ1v) is 5.26. The molecule has 1 saturated carbocycles. The van der Waals surface area contributed by atoms with Crippen molar-refractivity contribution >= 4 is 11.9 Å². The summed E-state index contributed by atoms with van der Waals surface area (Å²) in [5.74, 6) is -0.914. The molecule has 0 aliphatic heterocycles. The standard InChI is InChI=1S/C10H13N3O3/c14-8-7(9(15)16)5-11-10(13-8)12-6-3-1-2-4-6/h5-6H,1-4H2,(H,15,16)(H2,11,12,13,14). The topological polar surface area (TPSA) is 95.1 Å². The van der Waals surface area contributed by atoms with Crippen LogP contribution in [0.1, 0.15) is 36.0 Å². The summed E-state index contributed by atoms with van der Waals surface area (Å²) in [7, 11) is 0. The zero-order valence-corrected chi connectivity index (χ0v) is 8.69. The first-order chi connectivity index (χ1) is 7.66. The molecule has 0 spiro atoms. The van der Waals surface area contributed by atoms with Crippen LogP contribution in [-0.2, 0) is 0 Å². The van der Waals surface area contributed by atoms with Gasteiger partial charge in [0.25, 0.3) is 5.56 Å². The molecule has 1 fully saturated rings. The van der Waals surface area contributed by atoms with E-state index in [0.29, 0.717) is 12.0 Å². The number of aromatic carboxylic acids is 1. The second-order valence-electron chi connectivity index (χ2n) is 3.91. The third kappa shape index (κ3) is 2.21. The number of carbonyl (C=O) groups is 1. The molecule has 1 aromatic rings. The van der Waals surface area contributed by atoms with Crippen LogP contribution in [0.15, 0.2) is 11.0 Å². The molecule has 0 saturated heterocycles. The van der Waals surface area contributed by atoms with Crippen LogP contribution in [0.3, 0.4) is 0 Å². The minimum Gasteiger partial charge on any atom is -0.477 e. The Kier molecular flexibility index (Phi) is 2.89. The fourth-order valence-corrected chi connectivity index (χ4v) is 1.88. The van der Waals surface area contributed by atoms with Gasteiger partial charge in [0.05, 0.1) is 6.20 Å². The van der Waals surface area contributed by atoms with E-state index in [1.165, 1.54) is 12.8 Å². The van der Waals surface area contributed by atoms with Crippen LogP contribution in [0, 0.1) is 0 Å². The average Bonchev–Trinajstić information content (AvgIpc) is 2.70. The minimum atomic E-state index is -1.26. The van der Waals surface area contributed by atoms with Crippen LogP contribution >= 0.6 is 0 Å². The van der Waals surface area contributed by atoms with Crippen molar-refractivity contribution in [3.05, 3.63) is 22.1 Å². The molecular formula is C10H13N3O3. The lowest BCUT2D eigenvalue weighted by Crippen LogP contribution is -2.23. The SMILES string of the molecule is O=C(O)c1cnc(NC2CCCC2)[nH]c1=O. The Balaban J connectivity index is 2.14. The molecule has 1 aromatic heterocycles. The number of carboxylic acids is 1. The van der Waals surface area contributed by atoms with Crippen molar-refractivity contribution in [1.82, 2.24) is 9.97 Å². The van der Waals surface area contributed by atoms with Gasteiger partial charge in [0.1, 0.15) is 5.56 Å². The van der Waals surface area contributed by atoms with Crippen LogP contribution in [-0.4, -0.2) is 27.1 Å². The van der Waals surface area contributed by atoms with Gasteiger partial charge in [0, 0.05) is 6.04 Å². The smallest absolute Gasteiger partial charge is 0.342 e. The quantitative estimate of drug-likeness (QED) is 0.705. The third-order valence-corrected chi connectivity index (χ3v) is 2.73. The minimum absolute atomic E-state index is 0.332. The van der Waals surface area contributed by atoms with Gasteiger partial charge in [-0.05, 0) is 12.8 Å². The first kappa shape index (κ1) is 10.7. The van der Waals surface area contributed by atoms with E-state index in [1.807, 2.05) is 0 Å². The summed E-state index contributed by atoms with van der Waals surface area (Å²) in [5, 5.41) is 11.7. The second-order valence-corrected chi connectivity index (χ2v) is 3.91. The molecule has 0 radical (unpaired) electrons. The highest BCUT2D eigenvalue weighted by Gasteiger charge is 2.16. The Bertz CT molecular complexity index is 449. The zero-order valence-electron chi connectivity index (χ0n) is 8.69. The number of H-pyrrole nitrogens is 1. The predicted molar refractivity (Wildman–Crippen MR) is 57.7 cm³/mol. The lowest BCUT2D eigenvalue weighted by molar-refractivity contribution is 0.0694. The Morgan fingerprint density at radius 3 is 2.75 bits per heavy atom. The average molecular weight is 223 g/mol. The maximum Gasteiger partial charge on any atom is 0.342 e. The molecule has 1 aliphatic carbocycles. The van der Waals surface area contributed by atoms with Gasteiger partial charge in [-0.2, -0.15) is 0 Å². The summed E-state index contributed by atoms with van der Waals surface area (Å²) < 4.78 is 0. The van der Waals surface area contributed by atoms with Crippen molar-refractivity contribution in [2.45, 2.75) is 31.7 Å². The van der Waals surface area contributed by atoms with E-state index >= 15 is 0 Å². The molecule has 0 amide bonds. The van der Waals surface area contributed by atoms with E-state index in [4.69, 9.17) is 5.11 Å². The third-order valence-electron chi connectivity index (χ3n) is 2.73. The van der Waals surface area contributed by atoms with Crippen molar-refractivity contribution in [3.63, 3.8) is 0 Å². The van der Waals surface area contributed by atoms with Crippen LogP contribution in [0.5, 0.6) is 0 Å². The van der Waals surface area contributed by atoms with Gasteiger partial charge >= 0.3 is 5.97 Å². The van der Waals surface area contributed by atoms with Crippen molar-refractivity contribution in [3.8, 4) is 0 Å². The molecule has 2 rings (SSSR count). The second kappa shape index (κ2) is 4.34. The van der Waals surface area contributed by atoms with E-state index in [-0.39, 0.29) is 5.56 Å². The molecule has 0 aromatic carbocycles. The highest BCUT2D eigenvalue weighted by Crippen LogP contribution is 2.20. The molecule has 6 heteroatoms. The molecule has 0 atom stereocenters. The predicted octanol–water partition coefficient (Wildman–Crippen LogP) is 0.823. The van der Waals surface area contributed by atoms with E-state index < -0.39 is 11.5 Å². The summed E-state index contributed by atoms with van der Waals surface area (Å²) in [6.07, 6.45) is 5.55. The number of carboxylic acid groups (broad SMARTS) is 1. The molecule has 1 aliphatic rings. The van der Waals surface area contributed by atoms with Crippen LogP contribution in [0.2, 0.25) is 0 Å². The number of aromatic amines is 1. The van der Waals surface area contributed by atoms with Gasteiger partial charge < -0.3 is 10.4 Å². The molecule has 16 heavy (non-hydrogen) atoms. The lowest BCUT2D eigenvalue weighted by Gasteiger charge is -2.11. The molecule has 1 heterocycles. The maximum absolute atomic E-state index is 11.3. The monoisotopic (exact) mass is 223 g/mol. The summed E-state index contributed by atoms with van der Waals surface area (Å²) in [6.45, 7) is 0. The fourth-order valence-electron chi connectivity index (χ4n) is 1.88. The van der Waals surface area contributed by atoms with Gasteiger partial charge in [-0.3, -0.25) is 9.78 Å². The van der Waals surface area contributed by atoms with Gasteiger partial charge in [-0.15, -0.1) is 0 Å². The first-order valence-electron chi connectivity index (χ1n) is 5.26. The van der Waals surface area contributed by atoms with E-state index in [1.54, 1.807) is 0 Å². The normalized spacial score (nSPS) is 16.2. The number of hydrogen-bond donors (Lipinski definition) is 3. The Morgan fingerprint density at radius 2 is 2.19 bits per heavy atom. The summed E-state index contributed by atoms with van der Waals surface area (Å²) in [4.78, 5) is 28.2. The van der Waals surface area contributed by atoms with Gasteiger partial charge in [-0.25, -0.2) is 9.78 Å². The Hall–Kier alpha value is -1.85. The number of nitrogens with zero attached hydrogens (tertiary/aromatic N) is 1. The molecule has 6 nitrogen and oxygen atoms in total. The van der Waals surface area contributed by atoms with Crippen molar-refractivity contribution < 1.29 is 9.90 Å². The van der Waals surface area contributed by atoms with E-state index in [9.17, 15) is 9.59 Å². The highest BCUT2D eigenvalue weighted by molar-refractivity contribution is 5.86. The fraction of sp³-hybridized carbons (Fsp3) is 0.500. The summed E-state index contributed by atoms with van der Waals surface area (Å²) in [5.41, 5.74) is -0.958. The van der Waals surface area contributed by atoms with Crippen molar-refractivity contribution in [2.24, 2.45) is 0 Å². The number of aromatic nitrogens is 2. The van der Waals surface area contributed by atoms with Crippen LogP contribution in [0.25, 0.3) is 0 Å². The number of anilines is 1. The molecule has 86 valence electrons. The molecule has 3 N–H and O–H groups in total. The lowest BCUT2D eigenvalue weighted by atomic mass is 10.2. The Morgan fingerprint density at radius 1 is 1.50 bits per heavy atom. The van der Waals surface area contributed by atoms with E-state index in [0.717, 1.165) is 19.0 Å². The highest BCUT2D eigenvalue weighted by atomic mass is 16.4. The molecular weight excluding hydrogens is 210 g/mol. The van der Waals surface area contributed by atoms with E-state index in [2.05, 4.69) is 15.3 Å². The zero-order chi connectivity index (χ0) is 11.5. The molecule has 0 bridgehead atoms. The summed E-state index contributed by atoms with van der Waals surface area (Å²) >= 11 is 0. The summed E-state index contributed by atoms with van der Waals surface area (Å²) in [6, 6.07) is 0.332.